The largest absolute Gasteiger partial charge is 0.495 e. The summed E-state index contributed by atoms with van der Waals surface area (Å²) >= 11 is 5.95. The molecule has 0 saturated heterocycles. The predicted molar refractivity (Wildman–Crippen MR) is 121 cm³/mol. The molecular formula is C22H21ClN2O5S. The van der Waals surface area contributed by atoms with Gasteiger partial charge in [-0.25, -0.2) is 8.42 Å². The van der Waals surface area contributed by atoms with Gasteiger partial charge in [-0.1, -0.05) is 29.8 Å². The summed E-state index contributed by atoms with van der Waals surface area (Å²) in [6.07, 6.45) is 0. The molecule has 3 rings (SSSR count). The second-order valence-electron chi connectivity index (χ2n) is 6.57. The molecule has 0 fully saturated rings. The topological polar surface area (TPSA) is 93.7 Å². The Morgan fingerprint density at radius 2 is 1.71 bits per heavy atom. The number of aryl methyl sites for hydroxylation is 1. The Balaban J connectivity index is 1.61. The van der Waals surface area contributed by atoms with E-state index in [-0.39, 0.29) is 11.5 Å². The minimum Gasteiger partial charge on any atom is -0.495 e. The van der Waals surface area contributed by atoms with Crippen LogP contribution in [0.4, 0.5) is 11.4 Å². The van der Waals surface area contributed by atoms with Gasteiger partial charge < -0.3 is 14.8 Å². The molecule has 2 N–H and O–H groups in total. The van der Waals surface area contributed by atoms with Gasteiger partial charge in [0.15, 0.2) is 6.61 Å². The minimum absolute atomic E-state index is 0.0798. The molecule has 0 aromatic heterocycles. The van der Waals surface area contributed by atoms with Gasteiger partial charge in [-0.2, -0.15) is 0 Å². The van der Waals surface area contributed by atoms with E-state index < -0.39 is 15.9 Å². The van der Waals surface area contributed by atoms with Crippen LogP contribution in [-0.2, 0) is 14.8 Å². The number of sulfonamides is 1. The number of amides is 1. The maximum absolute atomic E-state index is 12.6. The summed E-state index contributed by atoms with van der Waals surface area (Å²) in [5.41, 5.74) is 1.75. The SMILES string of the molecule is COc1ccc(Cl)cc1NC(=O)COc1ccc(S(=O)(=O)Nc2ccccc2C)cc1. The van der Waals surface area contributed by atoms with Crippen LogP contribution in [0.5, 0.6) is 11.5 Å². The number of para-hydroxylation sites is 1. The minimum atomic E-state index is -3.75. The highest BCUT2D eigenvalue weighted by Gasteiger charge is 2.15. The highest BCUT2D eigenvalue weighted by atomic mass is 35.5. The van der Waals surface area contributed by atoms with Crippen LogP contribution in [0.15, 0.2) is 71.6 Å². The highest BCUT2D eigenvalue weighted by Crippen LogP contribution is 2.27. The molecule has 0 heterocycles. The fraction of sp³-hybridized carbons (Fsp3) is 0.136. The molecule has 1 amide bonds. The molecule has 162 valence electrons. The predicted octanol–water partition coefficient (Wildman–Crippen LogP) is 4.48. The third-order valence-corrected chi connectivity index (χ3v) is 5.95. The molecule has 3 aromatic carbocycles. The monoisotopic (exact) mass is 460 g/mol. The van der Waals surface area contributed by atoms with Gasteiger partial charge in [-0.15, -0.1) is 0 Å². The van der Waals surface area contributed by atoms with Crippen molar-refractivity contribution in [1.82, 2.24) is 0 Å². The molecule has 0 saturated carbocycles. The van der Waals surface area contributed by atoms with E-state index in [0.29, 0.717) is 27.9 Å². The Labute approximate surface area is 186 Å². The number of halogens is 1. The first-order chi connectivity index (χ1) is 14.8. The van der Waals surface area contributed by atoms with Crippen LogP contribution in [-0.4, -0.2) is 28.0 Å². The molecule has 0 bridgehead atoms. The molecule has 0 atom stereocenters. The summed E-state index contributed by atoms with van der Waals surface area (Å²) in [7, 11) is -2.26. The van der Waals surface area contributed by atoms with Gasteiger partial charge in [0, 0.05) is 5.02 Å². The number of carbonyl (C=O) groups excluding carboxylic acids is 1. The average Bonchev–Trinajstić information content (AvgIpc) is 2.74. The number of hydrogen-bond acceptors (Lipinski definition) is 5. The normalized spacial score (nSPS) is 10.9. The number of ether oxygens (including phenoxy) is 2. The van der Waals surface area contributed by atoms with Crippen molar-refractivity contribution in [1.29, 1.82) is 0 Å². The van der Waals surface area contributed by atoms with Gasteiger partial charge >= 0.3 is 0 Å². The van der Waals surface area contributed by atoms with Crippen LogP contribution in [0.1, 0.15) is 5.56 Å². The van der Waals surface area contributed by atoms with Crippen LogP contribution in [0.2, 0.25) is 5.02 Å². The van der Waals surface area contributed by atoms with Crippen LogP contribution < -0.4 is 19.5 Å². The summed E-state index contributed by atoms with van der Waals surface area (Å²) in [5.74, 6) is 0.398. The summed E-state index contributed by atoms with van der Waals surface area (Å²) in [5, 5.41) is 3.11. The summed E-state index contributed by atoms with van der Waals surface area (Å²) in [6.45, 7) is 1.54. The molecule has 0 radical (unpaired) electrons. The molecule has 0 spiro atoms. The zero-order chi connectivity index (χ0) is 22.4. The van der Waals surface area contributed by atoms with Crippen LogP contribution >= 0.6 is 11.6 Å². The lowest BCUT2D eigenvalue weighted by atomic mass is 10.2. The van der Waals surface area contributed by atoms with Crippen molar-refractivity contribution >= 4 is 38.9 Å². The zero-order valence-corrected chi connectivity index (χ0v) is 18.5. The van der Waals surface area contributed by atoms with E-state index in [4.69, 9.17) is 21.1 Å². The van der Waals surface area contributed by atoms with Crippen molar-refractivity contribution in [3.63, 3.8) is 0 Å². The third kappa shape index (κ3) is 5.90. The molecular weight excluding hydrogens is 440 g/mol. The van der Waals surface area contributed by atoms with Gasteiger partial charge in [-0.05, 0) is 61.0 Å². The van der Waals surface area contributed by atoms with Gasteiger partial charge in [-0.3, -0.25) is 9.52 Å². The van der Waals surface area contributed by atoms with Gasteiger partial charge in [0.2, 0.25) is 0 Å². The van der Waals surface area contributed by atoms with Gasteiger partial charge in [0.25, 0.3) is 15.9 Å². The highest BCUT2D eigenvalue weighted by molar-refractivity contribution is 7.92. The second kappa shape index (κ2) is 9.72. The van der Waals surface area contributed by atoms with Gasteiger partial charge in [0.1, 0.15) is 11.5 Å². The van der Waals surface area contributed by atoms with Crippen LogP contribution in [0.25, 0.3) is 0 Å². The second-order valence-corrected chi connectivity index (χ2v) is 8.69. The zero-order valence-electron chi connectivity index (χ0n) is 16.9. The number of rotatable bonds is 8. The standard InChI is InChI=1S/C22H21ClN2O5S/c1-15-5-3-4-6-19(15)25-31(27,28)18-10-8-17(9-11-18)30-14-22(26)24-20-13-16(23)7-12-21(20)29-2/h3-13,25H,14H2,1-2H3,(H,24,26). The first-order valence-electron chi connectivity index (χ1n) is 9.23. The van der Waals surface area contributed by atoms with E-state index in [1.807, 2.05) is 19.1 Å². The molecule has 0 unspecified atom stereocenters. The first-order valence-corrected chi connectivity index (χ1v) is 11.1. The molecule has 0 aliphatic rings. The lowest BCUT2D eigenvalue weighted by Gasteiger charge is -2.12. The van der Waals surface area contributed by atoms with E-state index in [0.717, 1.165) is 5.56 Å². The molecule has 3 aromatic rings. The van der Waals surface area contributed by atoms with E-state index >= 15 is 0 Å². The van der Waals surface area contributed by atoms with Crippen molar-refractivity contribution < 1.29 is 22.7 Å². The van der Waals surface area contributed by atoms with Crippen LogP contribution in [0, 0.1) is 6.92 Å². The van der Waals surface area contributed by atoms with Crippen molar-refractivity contribution in [3.8, 4) is 11.5 Å². The third-order valence-electron chi connectivity index (χ3n) is 4.33. The Morgan fingerprint density at radius 3 is 2.39 bits per heavy atom. The Kier molecular flexibility index (Phi) is 7.04. The molecule has 0 aliphatic carbocycles. The fourth-order valence-electron chi connectivity index (χ4n) is 2.72. The Bertz CT molecular complexity index is 1180. The Morgan fingerprint density at radius 1 is 1.00 bits per heavy atom. The molecule has 7 nitrogen and oxygen atoms in total. The van der Waals surface area contributed by atoms with E-state index in [9.17, 15) is 13.2 Å². The van der Waals surface area contributed by atoms with Crippen molar-refractivity contribution in [2.75, 3.05) is 23.8 Å². The first kappa shape index (κ1) is 22.5. The quantitative estimate of drug-likeness (QED) is 0.517. The fourth-order valence-corrected chi connectivity index (χ4v) is 4.02. The van der Waals surface area contributed by atoms with Crippen molar-refractivity contribution in [3.05, 3.63) is 77.3 Å². The molecule has 31 heavy (non-hydrogen) atoms. The van der Waals surface area contributed by atoms with Gasteiger partial charge in [0.05, 0.1) is 23.4 Å². The molecule has 9 heteroatoms. The van der Waals surface area contributed by atoms with E-state index in [2.05, 4.69) is 10.0 Å². The number of benzene rings is 3. The maximum atomic E-state index is 12.6. The lowest BCUT2D eigenvalue weighted by Crippen LogP contribution is -2.20. The number of hydrogen-bond donors (Lipinski definition) is 2. The average molecular weight is 461 g/mol. The lowest BCUT2D eigenvalue weighted by molar-refractivity contribution is -0.118. The van der Waals surface area contributed by atoms with Crippen molar-refractivity contribution in [2.24, 2.45) is 0 Å². The summed E-state index contributed by atoms with van der Waals surface area (Å²) < 4.78 is 38.4. The number of carbonyl (C=O) groups is 1. The number of methoxy groups -OCH3 is 1. The maximum Gasteiger partial charge on any atom is 0.262 e. The smallest absolute Gasteiger partial charge is 0.262 e. The summed E-state index contributed by atoms with van der Waals surface area (Å²) in [6, 6.07) is 17.7. The number of nitrogens with one attached hydrogen (secondary N) is 2. The Hall–Kier alpha value is -3.23. The molecule has 0 aliphatic heterocycles. The van der Waals surface area contributed by atoms with Crippen LogP contribution in [0.3, 0.4) is 0 Å². The summed E-state index contributed by atoms with van der Waals surface area (Å²) in [4.78, 5) is 12.3. The van der Waals surface area contributed by atoms with Crippen molar-refractivity contribution in [2.45, 2.75) is 11.8 Å². The number of anilines is 2. The van der Waals surface area contributed by atoms with E-state index in [1.165, 1.54) is 31.4 Å². The van der Waals surface area contributed by atoms with E-state index in [1.54, 1.807) is 30.3 Å².